The standard InChI is InChI=1S/C18H19N5O2S/c1-12-4-9-16(13(2)10-12)19-17(24)11-26-18-20-21-22-23(18)14-5-7-15(25-3)8-6-14/h4-10H,11H2,1-3H3,(H,19,24). The Morgan fingerprint density at radius 3 is 2.65 bits per heavy atom. The van der Waals surface area contributed by atoms with E-state index in [0.29, 0.717) is 5.16 Å². The van der Waals surface area contributed by atoms with Crippen LogP contribution in [0.15, 0.2) is 47.6 Å². The molecule has 0 atom stereocenters. The largest absolute Gasteiger partial charge is 0.497 e. The number of carbonyl (C=O) groups is 1. The first-order valence-electron chi connectivity index (χ1n) is 7.99. The molecule has 0 spiro atoms. The fourth-order valence-electron chi connectivity index (χ4n) is 2.42. The number of ether oxygens (including phenoxy) is 1. The second-order valence-corrected chi connectivity index (χ2v) is 6.67. The lowest BCUT2D eigenvalue weighted by molar-refractivity contribution is -0.113. The average Bonchev–Trinajstić information content (AvgIpc) is 3.11. The van der Waals surface area contributed by atoms with Gasteiger partial charge < -0.3 is 10.1 Å². The maximum absolute atomic E-state index is 12.2. The van der Waals surface area contributed by atoms with Crippen molar-refractivity contribution in [1.29, 1.82) is 0 Å². The van der Waals surface area contributed by atoms with Crippen molar-refractivity contribution in [3.8, 4) is 11.4 Å². The molecule has 1 N–H and O–H groups in total. The van der Waals surface area contributed by atoms with Gasteiger partial charge in [0.05, 0.1) is 18.6 Å². The molecule has 7 nitrogen and oxygen atoms in total. The molecule has 0 saturated carbocycles. The van der Waals surface area contributed by atoms with Gasteiger partial charge in [-0.2, -0.15) is 4.68 Å². The van der Waals surface area contributed by atoms with Gasteiger partial charge in [0, 0.05) is 5.69 Å². The van der Waals surface area contributed by atoms with E-state index in [1.807, 2.05) is 56.3 Å². The summed E-state index contributed by atoms with van der Waals surface area (Å²) < 4.78 is 6.74. The minimum Gasteiger partial charge on any atom is -0.497 e. The first kappa shape index (κ1) is 17.9. The van der Waals surface area contributed by atoms with Gasteiger partial charge in [0.2, 0.25) is 11.1 Å². The summed E-state index contributed by atoms with van der Waals surface area (Å²) in [5.41, 5.74) is 3.81. The van der Waals surface area contributed by atoms with E-state index in [2.05, 4.69) is 20.8 Å². The smallest absolute Gasteiger partial charge is 0.234 e. The SMILES string of the molecule is COc1ccc(-n2nnnc2SCC(=O)Nc2ccc(C)cc2C)cc1. The molecule has 8 heteroatoms. The summed E-state index contributed by atoms with van der Waals surface area (Å²) in [5.74, 6) is 0.860. The maximum Gasteiger partial charge on any atom is 0.234 e. The molecule has 0 aliphatic carbocycles. The minimum absolute atomic E-state index is 0.105. The van der Waals surface area contributed by atoms with Crippen molar-refractivity contribution in [2.45, 2.75) is 19.0 Å². The molecule has 1 aromatic heterocycles. The Hall–Kier alpha value is -2.87. The molecule has 0 fully saturated rings. The molecule has 0 unspecified atom stereocenters. The number of amides is 1. The number of thioether (sulfide) groups is 1. The van der Waals surface area contributed by atoms with Crippen LogP contribution in [0.5, 0.6) is 5.75 Å². The Bertz CT molecular complexity index is 908. The summed E-state index contributed by atoms with van der Waals surface area (Å²) >= 11 is 1.28. The van der Waals surface area contributed by atoms with Gasteiger partial charge in [-0.05, 0) is 60.2 Å². The number of anilines is 1. The van der Waals surface area contributed by atoms with E-state index in [1.54, 1.807) is 11.8 Å². The van der Waals surface area contributed by atoms with Gasteiger partial charge in [0.25, 0.3) is 0 Å². The summed E-state index contributed by atoms with van der Waals surface area (Å²) in [6.07, 6.45) is 0. The van der Waals surface area contributed by atoms with Crippen molar-refractivity contribution in [2.75, 3.05) is 18.2 Å². The number of aromatic nitrogens is 4. The number of tetrazole rings is 1. The van der Waals surface area contributed by atoms with E-state index in [-0.39, 0.29) is 11.7 Å². The number of benzene rings is 2. The zero-order chi connectivity index (χ0) is 18.5. The number of carbonyl (C=O) groups excluding carboxylic acids is 1. The molecule has 0 radical (unpaired) electrons. The van der Waals surface area contributed by atoms with Crippen LogP contribution in [0.25, 0.3) is 5.69 Å². The lowest BCUT2D eigenvalue weighted by Gasteiger charge is -2.09. The summed E-state index contributed by atoms with van der Waals surface area (Å²) in [6, 6.07) is 13.3. The number of aryl methyl sites for hydroxylation is 2. The quantitative estimate of drug-likeness (QED) is 0.673. The number of methoxy groups -OCH3 is 1. The normalized spacial score (nSPS) is 10.6. The van der Waals surface area contributed by atoms with E-state index < -0.39 is 0 Å². The van der Waals surface area contributed by atoms with E-state index >= 15 is 0 Å². The lowest BCUT2D eigenvalue weighted by atomic mass is 10.1. The molecule has 3 rings (SSSR count). The number of nitrogens with one attached hydrogen (secondary N) is 1. The zero-order valence-electron chi connectivity index (χ0n) is 14.8. The number of nitrogens with zero attached hydrogens (tertiary/aromatic N) is 4. The predicted octanol–water partition coefficient (Wildman–Crippen LogP) is 3.02. The fraction of sp³-hybridized carbons (Fsp3) is 0.222. The van der Waals surface area contributed by atoms with E-state index in [9.17, 15) is 4.79 Å². The number of rotatable bonds is 6. The van der Waals surface area contributed by atoms with Crippen LogP contribution in [0.3, 0.4) is 0 Å². The van der Waals surface area contributed by atoms with Crippen molar-refractivity contribution in [1.82, 2.24) is 20.2 Å². The van der Waals surface area contributed by atoms with Gasteiger partial charge in [-0.15, -0.1) is 5.10 Å². The molecule has 2 aromatic carbocycles. The first-order valence-corrected chi connectivity index (χ1v) is 8.98. The molecule has 26 heavy (non-hydrogen) atoms. The van der Waals surface area contributed by atoms with Gasteiger partial charge in [-0.1, -0.05) is 29.5 Å². The molecule has 0 aliphatic heterocycles. The van der Waals surface area contributed by atoms with Crippen LogP contribution in [0.2, 0.25) is 0 Å². The van der Waals surface area contributed by atoms with Crippen LogP contribution >= 0.6 is 11.8 Å². The topological polar surface area (TPSA) is 81.9 Å². The first-order chi connectivity index (χ1) is 12.6. The predicted molar refractivity (Wildman–Crippen MR) is 101 cm³/mol. The zero-order valence-corrected chi connectivity index (χ0v) is 15.6. The maximum atomic E-state index is 12.2. The van der Waals surface area contributed by atoms with Crippen molar-refractivity contribution in [2.24, 2.45) is 0 Å². The lowest BCUT2D eigenvalue weighted by Crippen LogP contribution is -2.15. The monoisotopic (exact) mass is 369 g/mol. The van der Waals surface area contributed by atoms with E-state index in [1.165, 1.54) is 11.8 Å². The van der Waals surface area contributed by atoms with Gasteiger partial charge in [0.1, 0.15) is 5.75 Å². The average molecular weight is 369 g/mol. The van der Waals surface area contributed by atoms with E-state index in [0.717, 1.165) is 28.3 Å². The molecule has 0 saturated heterocycles. The van der Waals surface area contributed by atoms with Crippen LogP contribution in [-0.2, 0) is 4.79 Å². The highest BCUT2D eigenvalue weighted by molar-refractivity contribution is 7.99. The summed E-state index contributed by atoms with van der Waals surface area (Å²) in [4.78, 5) is 12.2. The van der Waals surface area contributed by atoms with Crippen LogP contribution in [0.4, 0.5) is 5.69 Å². The molecule has 0 bridgehead atoms. The molecule has 1 heterocycles. The summed E-state index contributed by atoms with van der Waals surface area (Å²) in [6.45, 7) is 3.99. The second-order valence-electron chi connectivity index (χ2n) is 5.73. The molecule has 3 aromatic rings. The summed E-state index contributed by atoms with van der Waals surface area (Å²) in [5, 5.41) is 15.2. The third-order valence-corrected chi connectivity index (χ3v) is 4.67. The van der Waals surface area contributed by atoms with Crippen LogP contribution in [0.1, 0.15) is 11.1 Å². The van der Waals surface area contributed by atoms with Crippen LogP contribution in [-0.4, -0.2) is 39.0 Å². The van der Waals surface area contributed by atoms with Crippen molar-refractivity contribution >= 4 is 23.4 Å². The van der Waals surface area contributed by atoms with Crippen LogP contribution < -0.4 is 10.1 Å². The Labute approximate surface area is 155 Å². The summed E-state index contributed by atoms with van der Waals surface area (Å²) in [7, 11) is 1.61. The Balaban J connectivity index is 1.64. The highest BCUT2D eigenvalue weighted by Gasteiger charge is 2.12. The van der Waals surface area contributed by atoms with Gasteiger partial charge in [-0.25, -0.2) is 0 Å². The van der Waals surface area contributed by atoms with E-state index in [4.69, 9.17) is 4.74 Å². The molecular formula is C18H19N5O2S. The number of hydrogen-bond acceptors (Lipinski definition) is 6. The van der Waals surface area contributed by atoms with Crippen molar-refractivity contribution in [3.05, 3.63) is 53.6 Å². The van der Waals surface area contributed by atoms with Crippen molar-refractivity contribution in [3.63, 3.8) is 0 Å². The fourth-order valence-corrected chi connectivity index (χ4v) is 3.12. The molecule has 134 valence electrons. The number of hydrogen-bond donors (Lipinski definition) is 1. The third-order valence-electron chi connectivity index (χ3n) is 3.75. The Morgan fingerprint density at radius 1 is 1.19 bits per heavy atom. The second kappa shape index (κ2) is 8.01. The van der Waals surface area contributed by atoms with Crippen LogP contribution in [0, 0.1) is 13.8 Å². The molecular weight excluding hydrogens is 350 g/mol. The molecule has 0 aliphatic rings. The van der Waals surface area contributed by atoms with Gasteiger partial charge in [0.15, 0.2) is 0 Å². The van der Waals surface area contributed by atoms with Crippen molar-refractivity contribution < 1.29 is 9.53 Å². The minimum atomic E-state index is -0.105. The molecule has 1 amide bonds. The highest BCUT2D eigenvalue weighted by atomic mass is 32.2. The Kier molecular flexibility index (Phi) is 5.52. The third kappa shape index (κ3) is 4.20. The van der Waals surface area contributed by atoms with Gasteiger partial charge >= 0.3 is 0 Å². The Morgan fingerprint density at radius 2 is 1.96 bits per heavy atom. The van der Waals surface area contributed by atoms with Gasteiger partial charge in [-0.3, -0.25) is 4.79 Å². The highest BCUT2D eigenvalue weighted by Crippen LogP contribution is 2.21.